The maximum Gasteiger partial charge on any atom is 0.244 e. The normalized spacial score (nSPS) is 16.4. The van der Waals surface area contributed by atoms with Gasteiger partial charge in [-0.3, -0.25) is 0 Å². The van der Waals surface area contributed by atoms with Crippen LogP contribution >= 0.6 is 0 Å². The van der Waals surface area contributed by atoms with Crippen molar-refractivity contribution in [3.8, 4) is 28.0 Å². The van der Waals surface area contributed by atoms with Crippen LogP contribution in [-0.2, 0) is 16.2 Å². The van der Waals surface area contributed by atoms with Gasteiger partial charge in [0.1, 0.15) is 5.75 Å². The molecule has 0 atom stereocenters. The molecule has 0 amide bonds. The fourth-order valence-corrected chi connectivity index (χ4v) is 11.1. The monoisotopic (exact) mass is 841 g/mol. The van der Waals surface area contributed by atoms with E-state index in [0.717, 1.165) is 41.1 Å². The van der Waals surface area contributed by atoms with Crippen LogP contribution in [0, 0.1) is 27.7 Å². The lowest BCUT2D eigenvalue weighted by Crippen LogP contribution is -2.54. The van der Waals surface area contributed by atoms with Crippen molar-refractivity contribution in [1.29, 1.82) is 0 Å². The lowest BCUT2D eigenvalue weighted by molar-refractivity contribution is 0.332. The van der Waals surface area contributed by atoms with Gasteiger partial charge in [-0.25, -0.2) is 0 Å². The van der Waals surface area contributed by atoms with E-state index < -0.39 is 0 Å². The summed E-state index contributed by atoms with van der Waals surface area (Å²) in [6.45, 7) is 29.6. The highest BCUT2D eigenvalue weighted by Crippen LogP contribution is 2.52. The van der Waals surface area contributed by atoms with Crippen LogP contribution in [0.3, 0.4) is 0 Å². The molecule has 0 radical (unpaired) electrons. The Balaban J connectivity index is 1.40. The molecule has 0 unspecified atom stereocenters. The highest BCUT2D eigenvalue weighted by molar-refractivity contribution is 6.94. The van der Waals surface area contributed by atoms with Crippen LogP contribution in [-0.4, -0.2) is 11.8 Å². The van der Waals surface area contributed by atoms with Gasteiger partial charge in [0.2, 0.25) is 6.71 Å². The average molecular weight is 841 g/mol. The number of phenols is 1. The van der Waals surface area contributed by atoms with Crippen molar-refractivity contribution in [2.45, 2.75) is 119 Å². The third-order valence-corrected chi connectivity index (χ3v) is 14.5. The van der Waals surface area contributed by atoms with E-state index in [1.807, 2.05) is 6.07 Å². The van der Waals surface area contributed by atoms with Crippen molar-refractivity contribution in [3.05, 3.63) is 178 Å². The van der Waals surface area contributed by atoms with Crippen LogP contribution in [0.15, 0.2) is 133 Å². The van der Waals surface area contributed by atoms with Crippen molar-refractivity contribution in [2.24, 2.45) is 0 Å². The molecule has 1 aliphatic carbocycles. The van der Waals surface area contributed by atoms with E-state index in [1.54, 1.807) is 0 Å². The third kappa shape index (κ3) is 7.14. The van der Waals surface area contributed by atoms with Gasteiger partial charge in [0.05, 0.1) is 5.69 Å². The molecule has 6 aromatic carbocycles. The Bertz CT molecular complexity index is 2930. The Labute approximate surface area is 384 Å². The second-order valence-corrected chi connectivity index (χ2v) is 21.2. The number of hydrogen-bond acceptors (Lipinski definition) is 3. The van der Waals surface area contributed by atoms with Crippen molar-refractivity contribution >= 4 is 46.1 Å². The quantitative estimate of drug-likeness (QED) is 0.134. The summed E-state index contributed by atoms with van der Waals surface area (Å²) < 4.78 is 0. The Hall–Kier alpha value is -6.00. The van der Waals surface area contributed by atoms with Crippen LogP contribution < -0.4 is 20.7 Å². The molecule has 0 saturated heterocycles. The number of allylic oxidation sites excluding steroid dienone is 3. The second kappa shape index (κ2) is 15.6. The molecule has 3 aliphatic rings. The molecule has 0 fully saturated rings. The molecule has 9 rings (SSSR count). The van der Waals surface area contributed by atoms with E-state index in [-0.39, 0.29) is 28.7 Å². The van der Waals surface area contributed by atoms with Gasteiger partial charge in [0.25, 0.3) is 0 Å². The zero-order valence-electron chi connectivity index (χ0n) is 40.5. The first-order valence-electron chi connectivity index (χ1n) is 23.4. The Morgan fingerprint density at radius 2 is 1.30 bits per heavy atom. The average Bonchev–Trinajstić information content (AvgIpc) is 3.24. The molecular formula is C60H65BN2O. The number of anilines is 4. The van der Waals surface area contributed by atoms with Crippen LogP contribution in [0.4, 0.5) is 22.7 Å². The van der Waals surface area contributed by atoms with Gasteiger partial charge in [-0.2, -0.15) is 0 Å². The minimum absolute atomic E-state index is 0.0120. The number of hydrogen-bond donors (Lipinski definition) is 1. The van der Waals surface area contributed by atoms with Crippen LogP contribution in [0.1, 0.15) is 120 Å². The molecule has 324 valence electrons. The number of fused-ring (bicyclic) bond motifs is 3. The summed E-state index contributed by atoms with van der Waals surface area (Å²) in [5.41, 5.74) is 24.0. The molecule has 2 aliphatic heterocycles. The molecule has 0 bridgehead atoms. The van der Waals surface area contributed by atoms with Gasteiger partial charge in [-0.1, -0.05) is 133 Å². The lowest BCUT2D eigenvalue weighted by atomic mass is 9.36. The van der Waals surface area contributed by atoms with E-state index >= 15 is 0 Å². The third-order valence-electron chi connectivity index (χ3n) is 14.5. The summed E-state index contributed by atoms with van der Waals surface area (Å²) in [5, 5.41) is 12.1. The Morgan fingerprint density at radius 1 is 0.656 bits per heavy atom. The molecule has 64 heavy (non-hydrogen) atoms. The largest absolute Gasteiger partial charge is 0.507 e. The van der Waals surface area contributed by atoms with Gasteiger partial charge >= 0.3 is 0 Å². The van der Waals surface area contributed by atoms with E-state index in [4.69, 9.17) is 0 Å². The second-order valence-electron chi connectivity index (χ2n) is 21.2. The highest BCUT2D eigenvalue weighted by atomic mass is 16.3. The van der Waals surface area contributed by atoms with Gasteiger partial charge < -0.3 is 14.9 Å². The number of aryl methyl sites for hydroxylation is 4. The lowest BCUT2D eigenvalue weighted by Gasteiger charge is -2.47. The molecular weight excluding hydrogens is 775 g/mol. The molecule has 0 aromatic heterocycles. The fourth-order valence-electron chi connectivity index (χ4n) is 11.1. The van der Waals surface area contributed by atoms with E-state index in [1.165, 1.54) is 83.6 Å². The number of benzene rings is 6. The maximum absolute atomic E-state index is 12.1. The van der Waals surface area contributed by atoms with E-state index in [0.29, 0.717) is 0 Å². The molecule has 6 aromatic rings. The Morgan fingerprint density at radius 3 is 1.94 bits per heavy atom. The summed E-state index contributed by atoms with van der Waals surface area (Å²) in [6, 6.07) is 38.8. The van der Waals surface area contributed by atoms with Crippen molar-refractivity contribution < 1.29 is 5.11 Å². The zero-order valence-corrected chi connectivity index (χ0v) is 40.5. The minimum Gasteiger partial charge on any atom is -0.507 e. The van der Waals surface area contributed by atoms with Gasteiger partial charge in [-0.15, -0.1) is 0 Å². The number of phenolic OH excluding ortho intramolecular Hbond substituents is 1. The number of rotatable bonds is 6. The minimum atomic E-state index is -0.0853. The molecule has 0 saturated carbocycles. The van der Waals surface area contributed by atoms with Crippen LogP contribution in [0.2, 0.25) is 0 Å². The summed E-state index contributed by atoms with van der Waals surface area (Å²) in [6.07, 6.45) is 8.79. The number of aromatic hydroxyl groups is 1. The Kier molecular flexibility index (Phi) is 10.6. The smallest absolute Gasteiger partial charge is 0.244 e. The molecule has 0 spiro atoms. The van der Waals surface area contributed by atoms with Crippen molar-refractivity contribution in [3.63, 3.8) is 0 Å². The molecule has 4 heteroatoms. The summed E-state index contributed by atoms with van der Waals surface area (Å²) in [4.78, 5) is 5.01. The van der Waals surface area contributed by atoms with Gasteiger partial charge in [0.15, 0.2) is 0 Å². The number of nitrogens with zero attached hydrogens (tertiary/aromatic N) is 2. The van der Waals surface area contributed by atoms with Crippen LogP contribution in [0.5, 0.6) is 5.75 Å². The van der Waals surface area contributed by atoms with Crippen LogP contribution in [0.25, 0.3) is 28.0 Å². The van der Waals surface area contributed by atoms with E-state index in [2.05, 4.69) is 221 Å². The highest BCUT2D eigenvalue weighted by Gasteiger charge is 2.45. The predicted octanol–water partition coefficient (Wildman–Crippen LogP) is 14.9. The van der Waals surface area contributed by atoms with Gasteiger partial charge in [-0.05, 0) is 180 Å². The molecule has 1 N–H and O–H groups in total. The maximum atomic E-state index is 12.1. The fraction of sp³-hybridized carbons (Fsp3) is 0.300. The predicted molar refractivity (Wildman–Crippen MR) is 277 cm³/mol. The summed E-state index contributed by atoms with van der Waals surface area (Å²) in [5.74, 6) is 2.73. The standard InChI is InChI=1S/C60H65BN2O/c1-14-19-44(15-2)62-52-30-38(4)31-53-57(52)61(36-54(62)46-32-42(22-25-55(46)64)56-39(5)28-37(3)29-40(56)6)49-34-47-48(60(12,13)27-26-59(47,10)11)35-51(49)63(53)50-24-23-43(58(7,8)9)33-45(50)41-20-17-16-18-21-41/h14-25,28-36,64H,26-27H2,1-13H3/b19-14-,44-15+. The first kappa shape index (κ1) is 43.3. The van der Waals surface area contributed by atoms with Crippen molar-refractivity contribution in [2.75, 3.05) is 9.80 Å². The first-order valence-corrected chi connectivity index (χ1v) is 23.4. The van der Waals surface area contributed by atoms with Gasteiger partial charge in [0, 0.05) is 39.6 Å². The molecule has 2 heterocycles. The topological polar surface area (TPSA) is 26.7 Å². The SMILES string of the molecule is C/C=C\C(=C/C)N1C(c2cc(-c3c(C)cc(C)cc3C)ccc2O)=CB2c3cc4c(cc3N(c3ccc(C(C)(C)C)cc3-c3ccccc3)c3cc(C)cc1c32)C(C)(C)CCC4(C)C. The van der Waals surface area contributed by atoms with E-state index in [9.17, 15) is 5.11 Å². The molecule has 3 nitrogen and oxygen atoms in total. The first-order chi connectivity index (χ1) is 30.3. The summed E-state index contributed by atoms with van der Waals surface area (Å²) in [7, 11) is 0. The summed E-state index contributed by atoms with van der Waals surface area (Å²) >= 11 is 0. The van der Waals surface area contributed by atoms with Crippen molar-refractivity contribution in [1.82, 2.24) is 0 Å². The zero-order chi connectivity index (χ0) is 45.6.